The molecule has 0 aliphatic rings. The number of aliphatic imine (C=N–C) groups is 1. The van der Waals surface area contributed by atoms with Gasteiger partial charge in [-0.15, -0.1) is 0 Å². The van der Waals surface area contributed by atoms with Gasteiger partial charge in [0.15, 0.2) is 0 Å². The summed E-state index contributed by atoms with van der Waals surface area (Å²) in [5, 5.41) is 0. The lowest BCUT2D eigenvalue weighted by Crippen LogP contribution is -1.85. The van der Waals surface area contributed by atoms with Crippen molar-refractivity contribution in [2.75, 3.05) is 0 Å². The zero-order valence-corrected chi connectivity index (χ0v) is 10.4. The lowest BCUT2D eigenvalue weighted by molar-refractivity contribution is 1.07. The van der Waals surface area contributed by atoms with Crippen LogP contribution >= 0.6 is 15.9 Å². The molecule has 0 aromatic heterocycles. The Bertz CT molecular complexity index is 477. The van der Waals surface area contributed by atoms with E-state index in [2.05, 4.69) is 27.0 Å². The molecule has 0 saturated carbocycles. The Kier molecular flexibility index (Phi) is 3.89. The number of benzene rings is 2. The van der Waals surface area contributed by atoms with Crippen molar-refractivity contribution in [2.24, 2.45) is 4.99 Å². The average Bonchev–Trinajstić information content (AvgIpc) is 2.33. The van der Waals surface area contributed by atoms with Gasteiger partial charge in [-0.2, -0.15) is 0 Å². The van der Waals surface area contributed by atoms with Crippen molar-refractivity contribution in [2.45, 2.75) is 6.54 Å². The molecule has 0 spiro atoms. The minimum atomic E-state index is 0.705. The second kappa shape index (κ2) is 5.61. The van der Waals surface area contributed by atoms with Gasteiger partial charge in [-0.3, -0.25) is 4.99 Å². The van der Waals surface area contributed by atoms with E-state index < -0.39 is 0 Å². The van der Waals surface area contributed by atoms with Crippen LogP contribution in [-0.2, 0) is 6.54 Å². The molecule has 16 heavy (non-hydrogen) atoms. The molecule has 0 amide bonds. The molecule has 0 heterocycles. The van der Waals surface area contributed by atoms with Crippen molar-refractivity contribution in [1.29, 1.82) is 0 Å². The van der Waals surface area contributed by atoms with E-state index >= 15 is 0 Å². The highest BCUT2D eigenvalue weighted by Gasteiger charge is 1.95. The van der Waals surface area contributed by atoms with Gasteiger partial charge in [-0.25, -0.2) is 0 Å². The van der Waals surface area contributed by atoms with Crippen molar-refractivity contribution in [3.63, 3.8) is 0 Å². The average molecular weight is 274 g/mol. The second-order valence-corrected chi connectivity index (χ2v) is 4.33. The summed E-state index contributed by atoms with van der Waals surface area (Å²) in [4.78, 5) is 4.42. The van der Waals surface area contributed by atoms with Crippen LogP contribution in [0.1, 0.15) is 11.1 Å². The van der Waals surface area contributed by atoms with Gasteiger partial charge in [0, 0.05) is 10.7 Å². The fraction of sp³-hybridized carbons (Fsp3) is 0.0714. The van der Waals surface area contributed by atoms with Crippen LogP contribution in [0.3, 0.4) is 0 Å². The fourth-order valence-electron chi connectivity index (χ4n) is 1.42. The SMILES string of the molecule is Brc1ccccc1CN=Cc1ccccc1. The minimum Gasteiger partial charge on any atom is -0.288 e. The van der Waals surface area contributed by atoms with Crippen LogP contribution in [0.25, 0.3) is 0 Å². The van der Waals surface area contributed by atoms with Gasteiger partial charge in [-0.1, -0.05) is 64.5 Å². The molecule has 0 radical (unpaired) electrons. The normalized spacial score (nSPS) is 10.8. The van der Waals surface area contributed by atoms with Crippen molar-refractivity contribution < 1.29 is 0 Å². The van der Waals surface area contributed by atoms with E-state index in [1.807, 2.05) is 54.7 Å². The molecule has 2 aromatic rings. The Morgan fingerprint density at radius 1 is 0.938 bits per heavy atom. The Balaban J connectivity index is 2.03. The topological polar surface area (TPSA) is 12.4 Å². The molecule has 1 nitrogen and oxygen atoms in total. The lowest BCUT2D eigenvalue weighted by Gasteiger charge is -1.99. The van der Waals surface area contributed by atoms with Crippen LogP contribution in [0.5, 0.6) is 0 Å². The van der Waals surface area contributed by atoms with Gasteiger partial charge in [0.25, 0.3) is 0 Å². The molecule has 0 bridgehead atoms. The van der Waals surface area contributed by atoms with Gasteiger partial charge >= 0.3 is 0 Å². The van der Waals surface area contributed by atoms with E-state index in [0.717, 1.165) is 10.0 Å². The monoisotopic (exact) mass is 273 g/mol. The molecule has 0 aliphatic heterocycles. The Labute approximate surface area is 104 Å². The summed E-state index contributed by atoms with van der Waals surface area (Å²) in [5.74, 6) is 0. The predicted octanol–water partition coefficient (Wildman–Crippen LogP) is 4.07. The summed E-state index contributed by atoms with van der Waals surface area (Å²) >= 11 is 3.51. The van der Waals surface area contributed by atoms with Crippen molar-refractivity contribution in [3.8, 4) is 0 Å². The Hall–Kier alpha value is -1.41. The largest absolute Gasteiger partial charge is 0.288 e. The smallest absolute Gasteiger partial charge is 0.0650 e. The van der Waals surface area contributed by atoms with Gasteiger partial charge in [0.2, 0.25) is 0 Å². The van der Waals surface area contributed by atoms with Gasteiger partial charge < -0.3 is 0 Å². The van der Waals surface area contributed by atoms with Crippen molar-refractivity contribution in [1.82, 2.24) is 0 Å². The first-order chi connectivity index (χ1) is 7.86. The predicted molar refractivity (Wildman–Crippen MR) is 71.9 cm³/mol. The molecule has 0 saturated heterocycles. The second-order valence-electron chi connectivity index (χ2n) is 3.47. The van der Waals surface area contributed by atoms with E-state index in [1.165, 1.54) is 5.56 Å². The molecule has 0 N–H and O–H groups in total. The van der Waals surface area contributed by atoms with Crippen molar-refractivity contribution in [3.05, 3.63) is 70.2 Å². The van der Waals surface area contributed by atoms with Gasteiger partial charge in [-0.05, 0) is 17.2 Å². The molecule has 2 rings (SSSR count). The summed E-state index contributed by atoms with van der Waals surface area (Å²) < 4.78 is 1.11. The van der Waals surface area contributed by atoms with E-state index in [0.29, 0.717) is 6.54 Å². The molecule has 0 unspecified atom stereocenters. The summed E-state index contributed by atoms with van der Waals surface area (Å²) in [6.45, 7) is 0.705. The molecule has 0 atom stereocenters. The van der Waals surface area contributed by atoms with Crippen LogP contribution in [0.2, 0.25) is 0 Å². The van der Waals surface area contributed by atoms with E-state index in [-0.39, 0.29) is 0 Å². The van der Waals surface area contributed by atoms with Crippen LogP contribution in [0.15, 0.2) is 64.1 Å². The third-order valence-corrected chi connectivity index (χ3v) is 3.03. The lowest BCUT2D eigenvalue weighted by atomic mass is 10.2. The van der Waals surface area contributed by atoms with Crippen LogP contribution in [0.4, 0.5) is 0 Å². The summed E-state index contributed by atoms with van der Waals surface area (Å²) in [6, 6.07) is 18.3. The molecular formula is C14H12BrN. The van der Waals surface area contributed by atoms with Crippen LogP contribution in [-0.4, -0.2) is 6.21 Å². The number of rotatable bonds is 3. The maximum atomic E-state index is 4.42. The highest BCUT2D eigenvalue weighted by Crippen LogP contribution is 2.16. The first-order valence-corrected chi connectivity index (χ1v) is 5.94. The van der Waals surface area contributed by atoms with Crippen LogP contribution in [0, 0.1) is 0 Å². The third-order valence-electron chi connectivity index (χ3n) is 2.26. The summed E-state index contributed by atoms with van der Waals surface area (Å²) in [6.07, 6.45) is 1.90. The van der Waals surface area contributed by atoms with Gasteiger partial charge in [0.1, 0.15) is 0 Å². The van der Waals surface area contributed by atoms with E-state index in [9.17, 15) is 0 Å². The fourth-order valence-corrected chi connectivity index (χ4v) is 1.83. The maximum absolute atomic E-state index is 4.42. The molecule has 0 aliphatic carbocycles. The van der Waals surface area contributed by atoms with Crippen LogP contribution < -0.4 is 0 Å². The van der Waals surface area contributed by atoms with Gasteiger partial charge in [0.05, 0.1) is 6.54 Å². The summed E-state index contributed by atoms with van der Waals surface area (Å²) in [5.41, 5.74) is 2.34. The first kappa shape index (κ1) is 11.1. The minimum absolute atomic E-state index is 0.705. The number of hydrogen-bond acceptors (Lipinski definition) is 1. The first-order valence-electron chi connectivity index (χ1n) is 5.14. The number of nitrogens with zero attached hydrogens (tertiary/aromatic N) is 1. The highest BCUT2D eigenvalue weighted by molar-refractivity contribution is 9.10. The zero-order valence-electron chi connectivity index (χ0n) is 8.81. The van der Waals surface area contributed by atoms with E-state index in [1.54, 1.807) is 0 Å². The standard InChI is InChI=1S/C14H12BrN/c15-14-9-5-4-8-13(14)11-16-10-12-6-2-1-3-7-12/h1-10H,11H2. The maximum Gasteiger partial charge on any atom is 0.0650 e. The molecule has 0 fully saturated rings. The Morgan fingerprint density at radius 3 is 2.38 bits per heavy atom. The number of hydrogen-bond donors (Lipinski definition) is 0. The molecular weight excluding hydrogens is 262 g/mol. The third kappa shape index (κ3) is 3.04. The summed E-state index contributed by atoms with van der Waals surface area (Å²) in [7, 11) is 0. The molecule has 2 aromatic carbocycles. The van der Waals surface area contributed by atoms with Crippen molar-refractivity contribution >= 4 is 22.1 Å². The van der Waals surface area contributed by atoms with E-state index in [4.69, 9.17) is 0 Å². The number of halogens is 1. The quantitative estimate of drug-likeness (QED) is 0.748. The molecule has 80 valence electrons. The Morgan fingerprint density at radius 2 is 1.62 bits per heavy atom. The zero-order chi connectivity index (χ0) is 11.2. The molecule has 2 heteroatoms. The highest BCUT2D eigenvalue weighted by atomic mass is 79.9.